The van der Waals surface area contributed by atoms with E-state index < -0.39 is 9.84 Å². The highest BCUT2D eigenvalue weighted by molar-refractivity contribution is 7.90. The Balaban J connectivity index is 2.72. The number of hydrogen-bond acceptors (Lipinski definition) is 3. The van der Waals surface area contributed by atoms with Crippen molar-refractivity contribution in [1.29, 1.82) is 0 Å². The van der Waals surface area contributed by atoms with E-state index in [1.54, 1.807) is 6.07 Å². The van der Waals surface area contributed by atoms with Crippen molar-refractivity contribution in [3.05, 3.63) is 23.3 Å². The summed E-state index contributed by atoms with van der Waals surface area (Å²) in [7, 11) is -3.17. The molecule has 1 aromatic carbocycles. The van der Waals surface area contributed by atoms with Crippen LogP contribution in [0.25, 0.3) is 0 Å². The number of ether oxygens (including phenoxy) is 1. The number of hydrogen-bond donors (Lipinski definition) is 0. The van der Waals surface area contributed by atoms with E-state index in [1.165, 1.54) is 6.26 Å². The topological polar surface area (TPSA) is 43.4 Å². The molecule has 1 aliphatic rings. The molecule has 0 fully saturated rings. The predicted molar refractivity (Wildman–Crippen MR) is 53.5 cm³/mol. The quantitative estimate of drug-likeness (QED) is 0.705. The van der Waals surface area contributed by atoms with Gasteiger partial charge in [0.15, 0.2) is 9.84 Å². The zero-order valence-corrected chi connectivity index (χ0v) is 9.02. The van der Waals surface area contributed by atoms with Crippen molar-refractivity contribution in [2.24, 2.45) is 0 Å². The van der Waals surface area contributed by atoms with Gasteiger partial charge in [-0.1, -0.05) is 6.07 Å². The van der Waals surface area contributed by atoms with Gasteiger partial charge in [0.1, 0.15) is 10.6 Å². The molecule has 14 heavy (non-hydrogen) atoms. The monoisotopic (exact) mass is 212 g/mol. The van der Waals surface area contributed by atoms with Crippen LogP contribution in [0.5, 0.6) is 5.75 Å². The molecule has 0 atom stereocenters. The molecule has 0 radical (unpaired) electrons. The highest BCUT2D eigenvalue weighted by Crippen LogP contribution is 2.34. The van der Waals surface area contributed by atoms with E-state index in [2.05, 4.69) is 0 Å². The van der Waals surface area contributed by atoms with Gasteiger partial charge in [0, 0.05) is 18.2 Å². The molecule has 0 amide bonds. The van der Waals surface area contributed by atoms with Gasteiger partial charge in [0.25, 0.3) is 0 Å². The molecule has 0 spiro atoms. The van der Waals surface area contributed by atoms with E-state index in [9.17, 15) is 8.42 Å². The van der Waals surface area contributed by atoms with E-state index in [0.717, 1.165) is 17.5 Å². The fourth-order valence-corrected chi connectivity index (χ4v) is 2.55. The van der Waals surface area contributed by atoms with Gasteiger partial charge in [-0.15, -0.1) is 0 Å². The van der Waals surface area contributed by atoms with E-state index >= 15 is 0 Å². The molecule has 0 aromatic heterocycles. The van der Waals surface area contributed by atoms with Crippen LogP contribution in [0.2, 0.25) is 0 Å². The molecule has 0 N–H and O–H groups in total. The molecule has 0 saturated heterocycles. The van der Waals surface area contributed by atoms with Crippen LogP contribution >= 0.6 is 0 Å². The lowest BCUT2D eigenvalue weighted by Crippen LogP contribution is -2.00. The summed E-state index contributed by atoms with van der Waals surface area (Å²) in [5, 5.41) is 0. The molecule has 0 aliphatic carbocycles. The average Bonchev–Trinajstić information content (AvgIpc) is 2.50. The van der Waals surface area contributed by atoms with Crippen LogP contribution in [0.15, 0.2) is 17.0 Å². The van der Waals surface area contributed by atoms with Crippen LogP contribution in [0.3, 0.4) is 0 Å². The highest BCUT2D eigenvalue weighted by Gasteiger charge is 2.23. The lowest BCUT2D eigenvalue weighted by atomic mass is 10.1. The summed E-state index contributed by atoms with van der Waals surface area (Å²) < 4.78 is 28.2. The van der Waals surface area contributed by atoms with Crippen molar-refractivity contribution >= 4 is 9.84 Å². The summed E-state index contributed by atoms with van der Waals surface area (Å²) in [6, 6.07) is 3.46. The fourth-order valence-electron chi connectivity index (χ4n) is 1.72. The van der Waals surface area contributed by atoms with Gasteiger partial charge in [-0.2, -0.15) is 0 Å². The van der Waals surface area contributed by atoms with Crippen molar-refractivity contribution < 1.29 is 13.2 Å². The van der Waals surface area contributed by atoms with E-state index in [4.69, 9.17) is 4.74 Å². The summed E-state index contributed by atoms with van der Waals surface area (Å²) in [5.41, 5.74) is 2.14. The first-order valence-electron chi connectivity index (χ1n) is 4.45. The molecule has 4 heteroatoms. The molecule has 1 aliphatic heterocycles. The number of sulfone groups is 1. The summed E-state index contributed by atoms with van der Waals surface area (Å²) in [4.78, 5) is 0.315. The van der Waals surface area contributed by atoms with Crippen molar-refractivity contribution in [2.75, 3.05) is 12.9 Å². The third-order valence-corrected chi connectivity index (χ3v) is 3.58. The van der Waals surface area contributed by atoms with Crippen LogP contribution < -0.4 is 4.74 Å². The van der Waals surface area contributed by atoms with Crippen LogP contribution in [-0.2, 0) is 16.3 Å². The predicted octanol–water partition coefficient (Wildman–Crippen LogP) is 1.33. The van der Waals surface area contributed by atoms with Crippen LogP contribution in [0, 0.1) is 6.92 Å². The molecular formula is C10H12O3S. The number of benzene rings is 1. The number of fused-ring (bicyclic) bond motifs is 1. The Hall–Kier alpha value is -1.03. The Morgan fingerprint density at radius 1 is 1.36 bits per heavy atom. The smallest absolute Gasteiger partial charge is 0.179 e. The molecule has 1 heterocycles. The maximum atomic E-state index is 11.4. The lowest BCUT2D eigenvalue weighted by Gasteiger charge is -2.07. The maximum Gasteiger partial charge on any atom is 0.179 e. The van der Waals surface area contributed by atoms with E-state index in [0.29, 0.717) is 17.3 Å². The molecular weight excluding hydrogens is 200 g/mol. The number of rotatable bonds is 1. The summed E-state index contributed by atoms with van der Waals surface area (Å²) in [5.74, 6) is 0.563. The third kappa shape index (κ3) is 1.39. The molecule has 3 nitrogen and oxygen atoms in total. The first-order valence-corrected chi connectivity index (χ1v) is 6.34. The highest BCUT2D eigenvalue weighted by atomic mass is 32.2. The van der Waals surface area contributed by atoms with Crippen molar-refractivity contribution in [1.82, 2.24) is 0 Å². The molecule has 1 aromatic rings. The Morgan fingerprint density at radius 2 is 2.07 bits per heavy atom. The van der Waals surface area contributed by atoms with Crippen LogP contribution in [-0.4, -0.2) is 21.3 Å². The van der Waals surface area contributed by atoms with Gasteiger partial charge in [0.05, 0.1) is 6.61 Å². The fraction of sp³-hybridized carbons (Fsp3) is 0.400. The molecule has 2 rings (SSSR count). The SMILES string of the molecule is Cc1ccc(S(C)(=O)=O)c2c1CCO2. The Kier molecular flexibility index (Phi) is 2.03. The zero-order chi connectivity index (χ0) is 10.3. The number of aryl methyl sites for hydroxylation is 1. The van der Waals surface area contributed by atoms with E-state index in [1.807, 2.05) is 13.0 Å². The van der Waals surface area contributed by atoms with Gasteiger partial charge in [-0.3, -0.25) is 0 Å². The van der Waals surface area contributed by atoms with Gasteiger partial charge in [-0.25, -0.2) is 8.42 Å². The molecule has 0 bridgehead atoms. The van der Waals surface area contributed by atoms with Crippen molar-refractivity contribution in [3.8, 4) is 5.75 Å². The molecule has 0 unspecified atom stereocenters. The largest absolute Gasteiger partial charge is 0.492 e. The Bertz CT molecular complexity index is 474. The second-order valence-corrected chi connectivity index (χ2v) is 5.54. The summed E-state index contributed by atoms with van der Waals surface area (Å²) >= 11 is 0. The van der Waals surface area contributed by atoms with Crippen molar-refractivity contribution in [3.63, 3.8) is 0 Å². The summed E-state index contributed by atoms with van der Waals surface area (Å²) in [6.45, 7) is 2.56. The first kappa shape index (κ1) is 9.52. The Morgan fingerprint density at radius 3 is 2.71 bits per heavy atom. The zero-order valence-electron chi connectivity index (χ0n) is 8.20. The van der Waals surface area contributed by atoms with Gasteiger partial charge < -0.3 is 4.74 Å². The second kappa shape index (κ2) is 2.98. The maximum absolute atomic E-state index is 11.4. The van der Waals surface area contributed by atoms with E-state index in [-0.39, 0.29) is 0 Å². The van der Waals surface area contributed by atoms with Gasteiger partial charge in [0.2, 0.25) is 0 Å². The lowest BCUT2D eigenvalue weighted by molar-refractivity contribution is 0.348. The minimum absolute atomic E-state index is 0.315. The van der Waals surface area contributed by atoms with Gasteiger partial charge >= 0.3 is 0 Å². The summed E-state index contributed by atoms with van der Waals surface area (Å²) in [6.07, 6.45) is 2.02. The van der Waals surface area contributed by atoms with Crippen LogP contribution in [0.4, 0.5) is 0 Å². The van der Waals surface area contributed by atoms with Crippen molar-refractivity contribution in [2.45, 2.75) is 18.2 Å². The minimum atomic E-state index is -3.17. The minimum Gasteiger partial charge on any atom is -0.492 e. The second-order valence-electron chi connectivity index (χ2n) is 3.56. The standard InChI is InChI=1S/C10H12O3S/c1-7-3-4-9(14(2,11)12)10-8(7)5-6-13-10/h3-4H,5-6H2,1-2H3. The van der Waals surface area contributed by atoms with Gasteiger partial charge in [-0.05, 0) is 18.6 Å². The van der Waals surface area contributed by atoms with Crippen LogP contribution in [0.1, 0.15) is 11.1 Å². The first-order chi connectivity index (χ1) is 6.50. The third-order valence-electron chi connectivity index (χ3n) is 2.46. The normalized spacial score (nSPS) is 15.0. The molecule has 0 saturated carbocycles. The average molecular weight is 212 g/mol. The Labute approximate surface area is 83.6 Å². The molecule has 76 valence electrons.